The number of hydrogen-bond donors (Lipinski definition) is 0. The maximum Gasteiger partial charge on any atom is 0.233 e. The summed E-state index contributed by atoms with van der Waals surface area (Å²) in [4.78, 5) is 15.4. The average molecular weight is 383 g/mol. The number of amides is 1. The lowest BCUT2D eigenvalue weighted by molar-refractivity contribution is -0.127. The van der Waals surface area contributed by atoms with Gasteiger partial charge in [-0.1, -0.05) is 36.0 Å². The van der Waals surface area contributed by atoms with Crippen molar-refractivity contribution in [2.45, 2.75) is 18.6 Å². The quantitative estimate of drug-likeness (QED) is 0.490. The SMILES string of the molecule is Cc1cc2nnc(SCC(=O)N(C)Cc3cccs3)n2c2ccccc12. The summed E-state index contributed by atoms with van der Waals surface area (Å²) in [6.07, 6.45) is 0. The Kier molecular flexibility index (Phi) is 4.65. The van der Waals surface area contributed by atoms with Gasteiger partial charge in [0.1, 0.15) is 0 Å². The Morgan fingerprint density at radius 2 is 2.08 bits per heavy atom. The second-order valence-electron chi connectivity index (χ2n) is 6.14. The minimum atomic E-state index is 0.0802. The van der Waals surface area contributed by atoms with Crippen LogP contribution in [0.2, 0.25) is 0 Å². The zero-order valence-corrected chi connectivity index (χ0v) is 16.2. The van der Waals surface area contributed by atoms with E-state index in [-0.39, 0.29) is 5.91 Å². The molecule has 26 heavy (non-hydrogen) atoms. The molecule has 0 spiro atoms. The second kappa shape index (κ2) is 7.09. The maximum atomic E-state index is 12.5. The second-order valence-corrected chi connectivity index (χ2v) is 8.11. The molecule has 0 atom stereocenters. The molecule has 0 saturated heterocycles. The van der Waals surface area contributed by atoms with E-state index in [1.807, 2.05) is 47.2 Å². The van der Waals surface area contributed by atoms with E-state index in [0.29, 0.717) is 12.3 Å². The fraction of sp³-hybridized carbons (Fsp3) is 0.211. The van der Waals surface area contributed by atoms with Crippen molar-refractivity contribution in [2.75, 3.05) is 12.8 Å². The zero-order chi connectivity index (χ0) is 18.1. The van der Waals surface area contributed by atoms with Crippen molar-refractivity contribution in [1.82, 2.24) is 19.5 Å². The predicted octanol–water partition coefficient (Wildman–Crippen LogP) is 4.00. The van der Waals surface area contributed by atoms with Gasteiger partial charge in [0.25, 0.3) is 0 Å². The molecule has 4 aromatic rings. The van der Waals surface area contributed by atoms with Gasteiger partial charge in [-0.25, -0.2) is 0 Å². The fourth-order valence-corrected chi connectivity index (χ4v) is 4.58. The van der Waals surface area contributed by atoms with Crippen LogP contribution in [0.15, 0.2) is 53.0 Å². The molecule has 0 N–H and O–H groups in total. The number of nitrogens with zero attached hydrogens (tertiary/aromatic N) is 4. The van der Waals surface area contributed by atoms with Crippen molar-refractivity contribution < 1.29 is 4.79 Å². The lowest BCUT2D eigenvalue weighted by Gasteiger charge is -2.15. The normalized spacial score (nSPS) is 11.3. The van der Waals surface area contributed by atoms with Crippen LogP contribution in [0, 0.1) is 6.92 Å². The zero-order valence-electron chi connectivity index (χ0n) is 14.5. The molecule has 3 aromatic heterocycles. The van der Waals surface area contributed by atoms with Gasteiger partial charge in [-0.05, 0) is 36.1 Å². The number of para-hydroxylation sites is 1. The summed E-state index contributed by atoms with van der Waals surface area (Å²) in [7, 11) is 1.84. The van der Waals surface area contributed by atoms with E-state index in [1.54, 1.807) is 16.2 Å². The third kappa shape index (κ3) is 3.20. The Labute approximate surface area is 159 Å². The molecule has 0 radical (unpaired) electrons. The van der Waals surface area contributed by atoms with Crippen LogP contribution in [-0.2, 0) is 11.3 Å². The first-order valence-corrected chi connectivity index (χ1v) is 10.1. The average Bonchev–Trinajstić information content (AvgIpc) is 3.29. The van der Waals surface area contributed by atoms with Gasteiger partial charge in [-0.2, -0.15) is 0 Å². The molecular formula is C19H18N4OS2. The van der Waals surface area contributed by atoms with Crippen molar-refractivity contribution in [3.63, 3.8) is 0 Å². The summed E-state index contributed by atoms with van der Waals surface area (Å²) in [5.41, 5.74) is 3.04. The van der Waals surface area contributed by atoms with Gasteiger partial charge in [0.15, 0.2) is 10.8 Å². The topological polar surface area (TPSA) is 50.5 Å². The van der Waals surface area contributed by atoms with Crippen LogP contribution in [-0.4, -0.2) is 38.2 Å². The number of thiophene rings is 1. The Morgan fingerprint density at radius 3 is 2.88 bits per heavy atom. The van der Waals surface area contributed by atoms with Crippen molar-refractivity contribution in [3.8, 4) is 0 Å². The summed E-state index contributed by atoms with van der Waals surface area (Å²) in [6.45, 7) is 2.71. The minimum absolute atomic E-state index is 0.0802. The molecule has 1 amide bonds. The van der Waals surface area contributed by atoms with Crippen molar-refractivity contribution in [3.05, 3.63) is 58.3 Å². The molecule has 0 aliphatic heterocycles. The van der Waals surface area contributed by atoms with Gasteiger partial charge in [-0.3, -0.25) is 9.20 Å². The van der Waals surface area contributed by atoms with Crippen LogP contribution in [0.25, 0.3) is 16.6 Å². The number of pyridine rings is 1. The highest BCUT2D eigenvalue weighted by Crippen LogP contribution is 2.26. The van der Waals surface area contributed by atoms with Crippen LogP contribution in [0.4, 0.5) is 0 Å². The molecule has 1 aromatic carbocycles. The van der Waals surface area contributed by atoms with Crippen LogP contribution < -0.4 is 0 Å². The van der Waals surface area contributed by atoms with Gasteiger partial charge in [0, 0.05) is 17.3 Å². The monoisotopic (exact) mass is 382 g/mol. The number of carbonyl (C=O) groups is 1. The summed E-state index contributed by atoms with van der Waals surface area (Å²) in [5, 5.41) is 12.5. The molecule has 3 heterocycles. The van der Waals surface area contributed by atoms with E-state index >= 15 is 0 Å². The highest BCUT2D eigenvalue weighted by atomic mass is 32.2. The van der Waals surface area contributed by atoms with Gasteiger partial charge in [0.2, 0.25) is 5.91 Å². The first-order valence-electron chi connectivity index (χ1n) is 8.26. The van der Waals surface area contributed by atoms with E-state index in [4.69, 9.17) is 0 Å². The number of fused-ring (bicyclic) bond motifs is 3. The molecule has 0 saturated carbocycles. The molecule has 0 unspecified atom stereocenters. The van der Waals surface area contributed by atoms with Gasteiger partial charge in [0.05, 0.1) is 17.8 Å². The van der Waals surface area contributed by atoms with E-state index in [1.165, 1.54) is 27.6 Å². The highest BCUT2D eigenvalue weighted by Gasteiger charge is 2.15. The lowest BCUT2D eigenvalue weighted by atomic mass is 10.1. The van der Waals surface area contributed by atoms with Gasteiger partial charge >= 0.3 is 0 Å². The van der Waals surface area contributed by atoms with E-state index in [9.17, 15) is 4.79 Å². The number of benzene rings is 1. The highest BCUT2D eigenvalue weighted by molar-refractivity contribution is 7.99. The van der Waals surface area contributed by atoms with Crippen molar-refractivity contribution >= 4 is 45.6 Å². The Bertz CT molecular complexity index is 1070. The van der Waals surface area contributed by atoms with Gasteiger partial charge in [-0.15, -0.1) is 21.5 Å². The first kappa shape index (κ1) is 17.1. The van der Waals surface area contributed by atoms with Crippen LogP contribution >= 0.6 is 23.1 Å². The number of aromatic nitrogens is 3. The van der Waals surface area contributed by atoms with Crippen LogP contribution in [0.1, 0.15) is 10.4 Å². The molecule has 0 bridgehead atoms. The fourth-order valence-electron chi connectivity index (χ4n) is 2.93. The molecule has 4 rings (SSSR count). The smallest absolute Gasteiger partial charge is 0.233 e. The number of thioether (sulfide) groups is 1. The molecule has 0 fully saturated rings. The van der Waals surface area contributed by atoms with E-state index in [2.05, 4.69) is 29.3 Å². The Hall–Kier alpha value is -2.38. The largest absolute Gasteiger partial charge is 0.340 e. The Balaban J connectivity index is 1.56. The van der Waals surface area contributed by atoms with Crippen molar-refractivity contribution in [1.29, 1.82) is 0 Å². The molecule has 0 aliphatic carbocycles. The lowest BCUT2D eigenvalue weighted by Crippen LogP contribution is -2.27. The van der Waals surface area contributed by atoms with E-state index < -0.39 is 0 Å². The predicted molar refractivity (Wildman–Crippen MR) is 107 cm³/mol. The minimum Gasteiger partial charge on any atom is -0.340 e. The maximum absolute atomic E-state index is 12.5. The Morgan fingerprint density at radius 1 is 1.23 bits per heavy atom. The third-order valence-corrected chi connectivity index (χ3v) is 6.07. The van der Waals surface area contributed by atoms with Crippen LogP contribution in [0.3, 0.4) is 0 Å². The molecule has 132 valence electrons. The number of carbonyl (C=O) groups excluding carboxylic acids is 1. The molecule has 0 aliphatic rings. The molecule has 7 heteroatoms. The van der Waals surface area contributed by atoms with Gasteiger partial charge < -0.3 is 4.90 Å². The standard InChI is InChI=1S/C19H18N4OS2/c1-13-10-17-20-21-19(23(17)16-8-4-3-7-15(13)16)26-12-18(24)22(2)11-14-6-5-9-25-14/h3-10H,11-12H2,1-2H3. The summed E-state index contributed by atoms with van der Waals surface area (Å²) in [6, 6.07) is 14.3. The molecular weight excluding hydrogens is 364 g/mol. The summed E-state index contributed by atoms with van der Waals surface area (Å²) >= 11 is 3.09. The third-order valence-electron chi connectivity index (χ3n) is 4.30. The summed E-state index contributed by atoms with van der Waals surface area (Å²) in [5.74, 6) is 0.418. The van der Waals surface area contributed by atoms with Crippen molar-refractivity contribution in [2.24, 2.45) is 0 Å². The number of rotatable bonds is 5. The van der Waals surface area contributed by atoms with E-state index in [0.717, 1.165) is 16.3 Å². The number of aryl methyl sites for hydroxylation is 1. The first-order chi connectivity index (χ1) is 12.6. The molecule has 5 nitrogen and oxygen atoms in total. The summed E-state index contributed by atoms with van der Waals surface area (Å²) < 4.78 is 2.03. The number of hydrogen-bond acceptors (Lipinski definition) is 5. The van der Waals surface area contributed by atoms with Crippen LogP contribution in [0.5, 0.6) is 0 Å².